The molecule has 0 aromatic carbocycles. The summed E-state index contributed by atoms with van der Waals surface area (Å²) < 4.78 is 0. The second kappa shape index (κ2) is 4.06. The van der Waals surface area contributed by atoms with Gasteiger partial charge in [-0.2, -0.15) is 0 Å². The Balaban J connectivity index is 2.48. The van der Waals surface area contributed by atoms with Crippen LogP contribution in [-0.2, 0) is 4.79 Å². The fourth-order valence-electron chi connectivity index (χ4n) is 2.36. The summed E-state index contributed by atoms with van der Waals surface area (Å²) in [5.41, 5.74) is 0.336. The molecule has 0 heterocycles. The maximum atomic E-state index is 11.0. The van der Waals surface area contributed by atoms with Crippen molar-refractivity contribution in [3.05, 3.63) is 0 Å². The van der Waals surface area contributed by atoms with Crippen LogP contribution in [0.3, 0.4) is 0 Å². The van der Waals surface area contributed by atoms with Crippen LogP contribution in [0.1, 0.15) is 58.8 Å². The van der Waals surface area contributed by atoms with E-state index in [2.05, 4.69) is 6.92 Å². The maximum Gasteiger partial charge on any atom is 0.130 e. The van der Waals surface area contributed by atoms with E-state index in [-0.39, 0.29) is 0 Å². The fraction of sp³-hybridized carbons (Fsp3) is 0.909. The van der Waals surface area contributed by atoms with Crippen LogP contribution in [0.25, 0.3) is 0 Å². The third-order valence-corrected chi connectivity index (χ3v) is 2.99. The molecule has 0 N–H and O–H groups in total. The number of carbonyl (C=O) groups excluding carboxylic acids is 1. The van der Waals surface area contributed by atoms with E-state index in [4.69, 9.17) is 0 Å². The van der Waals surface area contributed by atoms with Crippen molar-refractivity contribution in [2.75, 3.05) is 0 Å². The van der Waals surface area contributed by atoms with Gasteiger partial charge in [-0.25, -0.2) is 0 Å². The topological polar surface area (TPSA) is 17.1 Å². The molecule has 0 radical (unpaired) electrons. The molecule has 0 aliphatic heterocycles. The van der Waals surface area contributed by atoms with E-state index >= 15 is 0 Å². The molecule has 70 valence electrons. The Morgan fingerprint density at radius 3 is 2.08 bits per heavy atom. The maximum absolute atomic E-state index is 11.0. The van der Waals surface area contributed by atoms with Crippen LogP contribution in [0.4, 0.5) is 0 Å². The first-order valence-electron chi connectivity index (χ1n) is 5.12. The summed E-state index contributed by atoms with van der Waals surface area (Å²) in [5.74, 6) is 0.361. The molecular weight excluding hydrogens is 148 g/mol. The molecule has 0 spiro atoms. The van der Waals surface area contributed by atoms with E-state index in [0.717, 1.165) is 6.42 Å². The van der Waals surface area contributed by atoms with Crippen molar-refractivity contribution >= 4 is 5.78 Å². The van der Waals surface area contributed by atoms with Crippen molar-refractivity contribution in [3.63, 3.8) is 0 Å². The molecule has 0 atom stereocenters. The number of hydrogen-bond acceptors (Lipinski definition) is 1. The molecule has 0 amide bonds. The molecule has 1 heteroatoms. The average molecular weight is 168 g/mol. The second-order valence-electron chi connectivity index (χ2n) is 4.60. The highest BCUT2D eigenvalue weighted by atomic mass is 16.1. The van der Waals surface area contributed by atoms with Crippen molar-refractivity contribution in [2.45, 2.75) is 58.8 Å². The van der Waals surface area contributed by atoms with Gasteiger partial charge in [-0.05, 0) is 25.2 Å². The lowest BCUT2D eigenvalue weighted by Gasteiger charge is -2.26. The van der Waals surface area contributed by atoms with Gasteiger partial charge in [0, 0.05) is 6.42 Å². The summed E-state index contributed by atoms with van der Waals surface area (Å²) >= 11 is 0. The average Bonchev–Trinajstić information content (AvgIpc) is 2.12. The molecule has 0 aromatic rings. The molecule has 1 nitrogen and oxygen atoms in total. The van der Waals surface area contributed by atoms with Crippen LogP contribution < -0.4 is 0 Å². The number of carbonyl (C=O) groups is 1. The van der Waals surface area contributed by atoms with Gasteiger partial charge in [-0.1, -0.05) is 32.6 Å². The summed E-state index contributed by atoms with van der Waals surface area (Å²) in [5, 5.41) is 0. The third-order valence-electron chi connectivity index (χ3n) is 2.99. The summed E-state index contributed by atoms with van der Waals surface area (Å²) in [6.07, 6.45) is 8.70. The van der Waals surface area contributed by atoms with Gasteiger partial charge < -0.3 is 4.79 Å². The van der Waals surface area contributed by atoms with E-state index in [0.29, 0.717) is 11.2 Å². The zero-order valence-corrected chi connectivity index (χ0v) is 8.36. The van der Waals surface area contributed by atoms with E-state index < -0.39 is 0 Å². The van der Waals surface area contributed by atoms with Gasteiger partial charge in [0.15, 0.2) is 0 Å². The second-order valence-corrected chi connectivity index (χ2v) is 4.60. The van der Waals surface area contributed by atoms with Crippen molar-refractivity contribution < 1.29 is 4.79 Å². The Morgan fingerprint density at radius 2 is 1.67 bits per heavy atom. The van der Waals surface area contributed by atoms with E-state index in [1.54, 1.807) is 6.92 Å². The van der Waals surface area contributed by atoms with Gasteiger partial charge in [-0.15, -0.1) is 0 Å². The fourth-order valence-corrected chi connectivity index (χ4v) is 2.36. The van der Waals surface area contributed by atoms with Gasteiger partial charge in [0.2, 0.25) is 0 Å². The van der Waals surface area contributed by atoms with Crippen molar-refractivity contribution in [1.82, 2.24) is 0 Å². The predicted molar refractivity (Wildman–Crippen MR) is 51.1 cm³/mol. The zero-order chi connectivity index (χ0) is 9.03. The lowest BCUT2D eigenvalue weighted by Crippen LogP contribution is -2.18. The first-order chi connectivity index (χ1) is 5.62. The van der Waals surface area contributed by atoms with Gasteiger partial charge in [0.05, 0.1) is 0 Å². The van der Waals surface area contributed by atoms with Gasteiger partial charge >= 0.3 is 0 Å². The molecule has 12 heavy (non-hydrogen) atoms. The smallest absolute Gasteiger partial charge is 0.130 e. The third kappa shape index (κ3) is 2.96. The normalized spacial score (nSPS) is 23.2. The minimum atomic E-state index is 0.336. The summed E-state index contributed by atoms with van der Waals surface area (Å²) in [6, 6.07) is 0. The lowest BCUT2D eigenvalue weighted by atomic mass is 9.78. The van der Waals surface area contributed by atoms with Crippen LogP contribution >= 0.6 is 0 Å². The zero-order valence-electron chi connectivity index (χ0n) is 8.36. The number of ketones is 1. The van der Waals surface area contributed by atoms with Gasteiger partial charge in [-0.3, -0.25) is 0 Å². The van der Waals surface area contributed by atoms with Crippen LogP contribution in [0, 0.1) is 5.41 Å². The molecule has 1 rings (SSSR count). The highest BCUT2D eigenvalue weighted by molar-refractivity contribution is 5.76. The van der Waals surface area contributed by atoms with Gasteiger partial charge in [0.1, 0.15) is 5.78 Å². The molecule has 0 aromatic heterocycles. The van der Waals surface area contributed by atoms with Crippen LogP contribution in [0.2, 0.25) is 0 Å². The van der Waals surface area contributed by atoms with E-state index in [1.807, 2.05) is 0 Å². The van der Waals surface area contributed by atoms with Crippen molar-refractivity contribution in [2.24, 2.45) is 5.41 Å². The standard InChI is InChI=1S/C11H20O/c1-10(12)9-11(2)7-5-3-4-6-8-11/h3-9H2,1-2H3. The van der Waals surface area contributed by atoms with Crippen LogP contribution in [-0.4, -0.2) is 5.78 Å². The summed E-state index contributed by atoms with van der Waals surface area (Å²) in [7, 11) is 0. The van der Waals surface area contributed by atoms with Crippen LogP contribution in [0.15, 0.2) is 0 Å². The van der Waals surface area contributed by atoms with Gasteiger partial charge in [0.25, 0.3) is 0 Å². The molecule has 1 aliphatic carbocycles. The summed E-state index contributed by atoms with van der Waals surface area (Å²) in [4.78, 5) is 11.0. The SMILES string of the molecule is CC(=O)CC1(C)CCCCCC1. The molecule has 0 unspecified atom stereocenters. The first-order valence-corrected chi connectivity index (χ1v) is 5.12. The quantitative estimate of drug-likeness (QED) is 0.578. The Kier molecular flexibility index (Phi) is 3.30. The monoisotopic (exact) mass is 168 g/mol. The Hall–Kier alpha value is -0.330. The molecule has 1 fully saturated rings. The number of hydrogen-bond donors (Lipinski definition) is 0. The molecule has 0 saturated heterocycles. The van der Waals surface area contributed by atoms with Crippen molar-refractivity contribution in [1.29, 1.82) is 0 Å². The Bertz CT molecular complexity index is 152. The minimum Gasteiger partial charge on any atom is -0.300 e. The summed E-state index contributed by atoms with van der Waals surface area (Å²) in [6.45, 7) is 4.00. The van der Waals surface area contributed by atoms with Crippen molar-refractivity contribution in [3.8, 4) is 0 Å². The Morgan fingerprint density at radius 1 is 1.17 bits per heavy atom. The highest BCUT2D eigenvalue weighted by Crippen LogP contribution is 2.37. The van der Waals surface area contributed by atoms with E-state index in [9.17, 15) is 4.79 Å². The molecule has 0 bridgehead atoms. The minimum absolute atomic E-state index is 0.336. The molecule has 1 saturated carbocycles. The predicted octanol–water partition coefficient (Wildman–Crippen LogP) is 3.33. The largest absolute Gasteiger partial charge is 0.300 e. The van der Waals surface area contributed by atoms with E-state index in [1.165, 1.54) is 38.5 Å². The lowest BCUT2D eigenvalue weighted by molar-refractivity contribution is -0.119. The number of Topliss-reactive ketones (excluding diaryl/α,β-unsaturated/α-hetero) is 1. The first kappa shape index (κ1) is 9.76. The Labute approximate surface area is 75.5 Å². The molecule has 1 aliphatic rings. The molecular formula is C11H20O. The highest BCUT2D eigenvalue weighted by Gasteiger charge is 2.26. The number of rotatable bonds is 2. The van der Waals surface area contributed by atoms with Crippen LogP contribution in [0.5, 0.6) is 0 Å².